The Bertz CT molecular complexity index is 791. The fraction of sp³-hybridized carbons (Fsp3) is 0.519. The van der Waals surface area contributed by atoms with E-state index in [1.807, 2.05) is 5.83 Å². The van der Waals surface area contributed by atoms with E-state index in [1.54, 1.807) is 0 Å². The number of ether oxygens (including phenoxy) is 1. The summed E-state index contributed by atoms with van der Waals surface area (Å²) in [5.74, 6) is 1.73. The number of hydrogen-bond acceptors (Lipinski definition) is 2. The summed E-state index contributed by atoms with van der Waals surface area (Å²) in [5.41, 5.74) is 4.33. The molecule has 0 aromatic heterocycles. The Morgan fingerprint density at radius 3 is 2.27 bits per heavy atom. The van der Waals surface area contributed by atoms with Gasteiger partial charge in [-0.25, -0.2) is 0 Å². The summed E-state index contributed by atoms with van der Waals surface area (Å²) < 4.78 is 4.49. The Kier molecular flexibility index (Phi) is 14.4. The maximum absolute atomic E-state index is 10.6. The number of alkyl halides is 1. The number of aryl methyl sites for hydroxylation is 1. The van der Waals surface area contributed by atoms with Gasteiger partial charge in [0.05, 0.1) is 7.11 Å². The third-order valence-electron chi connectivity index (χ3n) is 5.64. The molecular formula is C27H41BrO2. The maximum atomic E-state index is 10.6. The van der Waals surface area contributed by atoms with Crippen molar-refractivity contribution in [1.29, 1.82) is 0 Å². The molecule has 0 fully saturated rings. The minimum atomic E-state index is -0.0869. The minimum Gasteiger partial charge on any atom is -0.469 e. The monoisotopic (exact) mass is 476 g/mol. The van der Waals surface area contributed by atoms with Gasteiger partial charge in [0.25, 0.3) is 0 Å². The van der Waals surface area contributed by atoms with Gasteiger partial charge in [-0.2, -0.15) is 0 Å². The highest BCUT2D eigenvalue weighted by Crippen LogP contribution is 2.37. The van der Waals surface area contributed by atoms with Crippen molar-refractivity contribution in [2.24, 2.45) is 0 Å². The smallest absolute Gasteiger partial charge is 0.305 e. The van der Waals surface area contributed by atoms with E-state index in [4.69, 9.17) is 0 Å². The Morgan fingerprint density at radius 2 is 1.70 bits per heavy atom. The molecule has 0 bridgehead atoms. The summed E-state index contributed by atoms with van der Waals surface area (Å²) in [6.45, 7) is 13.3. The second-order valence-corrected chi connectivity index (χ2v) is 7.96. The summed E-state index contributed by atoms with van der Waals surface area (Å²) in [7, 11) is 1.43. The number of benzene rings is 2. The van der Waals surface area contributed by atoms with E-state index in [0.29, 0.717) is 6.42 Å². The topological polar surface area (TPSA) is 26.3 Å². The van der Waals surface area contributed by atoms with E-state index in [9.17, 15) is 4.79 Å². The predicted molar refractivity (Wildman–Crippen MR) is 137 cm³/mol. The molecule has 0 saturated heterocycles. The molecular weight excluding hydrogens is 436 g/mol. The number of fused-ring (bicyclic) bond motifs is 1. The van der Waals surface area contributed by atoms with Crippen molar-refractivity contribution in [2.75, 3.05) is 12.9 Å². The molecule has 2 aromatic rings. The van der Waals surface area contributed by atoms with E-state index < -0.39 is 0 Å². The summed E-state index contributed by atoms with van der Waals surface area (Å²) >= 11 is 2.94. The lowest BCUT2D eigenvalue weighted by atomic mass is 9.74. The molecule has 0 unspecified atom stereocenters. The molecule has 2 rings (SSSR count). The number of rotatable bonds is 7. The highest BCUT2D eigenvalue weighted by molar-refractivity contribution is 9.08. The van der Waals surface area contributed by atoms with Gasteiger partial charge in [0.2, 0.25) is 0 Å². The number of hydrogen-bond donors (Lipinski definition) is 0. The van der Waals surface area contributed by atoms with E-state index in [1.165, 1.54) is 47.4 Å². The second kappa shape index (κ2) is 15.2. The molecule has 0 spiro atoms. The highest BCUT2D eigenvalue weighted by atomic mass is 79.9. The number of halogens is 1. The molecule has 0 aliphatic rings. The number of carbonyl (C=O) groups excluding carboxylic acids is 1. The van der Waals surface area contributed by atoms with Gasteiger partial charge in [-0.1, -0.05) is 104 Å². The molecule has 2 nitrogen and oxygen atoms in total. The predicted octanol–water partition coefficient (Wildman–Crippen LogP) is 8.53. The number of allylic oxidation sites excluding steroid dienone is 2. The summed E-state index contributed by atoms with van der Waals surface area (Å²) in [5, 5.41) is 2.71. The molecule has 0 atom stereocenters. The molecule has 30 heavy (non-hydrogen) atoms. The number of unbranched alkanes of at least 4 members (excludes halogenated alkanes) is 3. The molecule has 0 aliphatic heterocycles. The van der Waals surface area contributed by atoms with Crippen molar-refractivity contribution < 1.29 is 9.53 Å². The highest BCUT2D eigenvalue weighted by Gasteiger charge is 2.25. The van der Waals surface area contributed by atoms with Crippen LogP contribution in [-0.4, -0.2) is 18.9 Å². The third kappa shape index (κ3) is 8.63. The van der Waals surface area contributed by atoms with E-state index in [-0.39, 0.29) is 11.4 Å². The Hall–Kier alpha value is -1.61. The molecule has 0 amide bonds. The van der Waals surface area contributed by atoms with Gasteiger partial charge in [-0.15, -0.1) is 0 Å². The lowest BCUT2D eigenvalue weighted by molar-refractivity contribution is -0.140. The Labute approximate surface area is 193 Å². The zero-order valence-electron chi connectivity index (χ0n) is 20.3. The van der Waals surface area contributed by atoms with Crippen LogP contribution in [0.3, 0.4) is 0 Å². The van der Waals surface area contributed by atoms with Crippen LogP contribution in [0.1, 0.15) is 77.8 Å². The van der Waals surface area contributed by atoms with Crippen LogP contribution in [0.2, 0.25) is 0 Å². The van der Waals surface area contributed by atoms with Gasteiger partial charge in [-0.05, 0) is 54.9 Å². The molecule has 3 heteroatoms. The van der Waals surface area contributed by atoms with Gasteiger partial charge >= 0.3 is 5.97 Å². The van der Waals surface area contributed by atoms with E-state index in [2.05, 4.69) is 105 Å². The number of methoxy groups -OCH3 is 1. The standard InChI is InChI=1S/C18H22.C8H16O2.CH3Br/c1-6-14(3)18(4,5)17-13(2)11-12-15-9-7-8-10-16(15)17;1-3-4-5-6-7-8(9)10-2;1-2/h6-12H,1-5H3;3-7H2,1-2H3;1H3/b14-6-;;. The third-order valence-corrected chi connectivity index (χ3v) is 5.64. The first kappa shape index (κ1) is 28.4. The zero-order valence-corrected chi connectivity index (χ0v) is 21.9. The van der Waals surface area contributed by atoms with E-state index in [0.717, 1.165) is 12.8 Å². The normalized spacial score (nSPS) is 11.2. The van der Waals surface area contributed by atoms with Crippen molar-refractivity contribution in [1.82, 2.24) is 0 Å². The zero-order chi connectivity index (χ0) is 23.2. The van der Waals surface area contributed by atoms with Gasteiger partial charge in [0, 0.05) is 11.8 Å². The van der Waals surface area contributed by atoms with Crippen molar-refractivity contribution in [2.45, 2.75) is 79.1 Å². The van der Waals surface area contributed by atoms with Crippen molar-refractivity contribution in [3.63, 3.8) is 0 Å². The first-order valence-electron chi connectivity index (χ1n) is 10.9. The summed E-state index contributed by atoms with van der Waals surface area (Å²) in [6.07, 6.45) is 7.35. The maximum Gasteiger partial charge on any atom is 0.305 e. The number of carbonyl (C=O) groups is 1. The number of esters is 1. The van der Waals surface area contributed by atoms with Crippen LogP contribution in [0.15, 0.2) is 48.0 Å². The SMILES string of the molecule is C/C=C(/C)C(C)(C)c1c(C)ccc2ccccc12.CBr.CCCCCCC(=O)OC. The molecule has 0 heterocycles. The minimum absolute atomic E-state index is 0.0830. The molecule has 168 valence electrons. The van der Waals surface area contributed by atoms with Crippen LogP contribution >= 0.6 is 15.9 Å². The quantitative estimate of drug-likeness (QED) is 0.173. The van der Waals surface area contributed by atoms with Gasteiger partial charge in [0.1, 0.15) is 0 Å². The molecule has 0 saturated carbocycles. The van der Waals surface area contributed by atoms with Crippen molar-refractivity contribution in [3.05, 3.63) is 59.2 Å². The molecule has 2 aromatic carbocycles. The van der Waals surface area contributed by atoms with Crippen molar-refractivity contribution in [3.8, 4) is 0 Å². The molecule has 0 aliphatic carbocycles. The van der Waals surface area contributed by atoms with Gasteiger partial charge in [-0.3, -0.25) is 4.79 Å². The Morgan fingerprint density at radius 1 is 1.07 bits per heavy atom. The fourth-order valence-corrected chi connectivity index (χ4v) is 3.57. The molecule has 0 radical (unpaired) electrons. The van der Waals surface area contributed by atoms with E-state index >= 15 is 0 Å². The largest absolute Gasteiger partial charge is 0.469 e. The van der Waals surface area contributed by atoms with Crippen LogP contribution in [0, 0.1) is 6.92 Å². The van der Waals surface area contributed by atoms with Gasteiger partial charge < -0.3 is 4.74 Å². The summed E-state index contributed by atoms with van der Waals surface area (Å²) in [4.78, 5) is 10.6. The lowest BCUT2D eigenvalue weighted by Crippen LogP contribution is -2.20. The first-order chi connectivity index (χ1) is 14.3. The Balaban J connectivity index is 0.000000600. The first-order valence-corrected chi connectivity index (χ1v) is 12.4. The summed E-state index contributed by atoms with van der Waals surface area (Å²) in [6, 6.07) is 13.1. The van der Waals surface area contributed by atoms with Crippen LogP contribution in [0.4, 0.5) is 0 Å². The van der Waals surface area contributed by atoms with Crippen LogP contribution in [-0.2, 0) is 14.9 Å². The van der Waals surface area contributed by atoms with Crippen LogP contribution in [0.5, 0.6) is 0 Å². The molecule has 0 N–H and O–H groups in total. The fourth-order valence-electron chi connectivity index (χ4n) is 3.57. The average Bonchev–Trinajstić information content (AvgIpc) is 2.77. The lowest BCUT2D eigenvalue weighted by Gasteiger charge is -2.30. The van der Waals surface area contributed by atoms with Crippen LogP contribution < -0.4 is 0 Å². The average molecular weight is 478 g/mol. The van der Waals surface area contributed by atoms with Gasteiger partial charge in [0.15, 0.2) is 0 Å². The van der Waals surface area contributed by atoms with Crippen LogP contribution in [0.25, 0.3) is 10.8 Å². The van der Waals surface area contributed by atoms with Crippen molar-refractivity contribution >= 4 is 32.7 Å². The second-order valence-electron chi connectivity index (χ2n) is 7.96.